The van der Waals surface area contributed by atoms with Crippen molar-refractivity contribution >= 4 is 27.8 Å². The van der Waals surface area contributed by atoms with Crippen LogP contribution in [-0.4, -0.2) is 41.2 Å². The summed E-state index contributed by atoms with van der Waals surface area (Å²) < 4.78 is 5.23. The van der Waals surface area contributed by atoms with Crippen LogP contribution in [0.25, 0.3) is 56.0 Å². The second-order valence-corrected chi connectivity index (χ2v) is 8.11. The lowest BCUT2D eigenvalue weighted by atomic mass is 10.1. The molecule has 9 nitrogen and oxygen atoms in total. The number of pyridine rings is 3. The number of anilines is 1. The fourth-order valence-corrected chi connectivity index (χ4v) is 3.91. The van der Waals surface area contributed by atoms with E-state index in [1.54, 1.807) is 18.7 Å². The Morgan fingerprint density at radius 2 is 1.88 bits per heavy atom. The van der Waals surface area contributed by atoms with Gasteiger partial charge in [-0.1, -0.05) is 0 Å². The Morgan fingerprint density at radius 1 is 0.970 bits per heavy atom. The molecule has 0 spiro atoms. The first-order valence-corrected chi connectivity index (χ1v) is 10.6. The molecule has 33 heavy (non-hydrogen) atoms. The zero-order valence-electron chi connectivity index (χ0n) is 18.0. The predicted molar refractivity (Wildman–Crippen MR) is 126 cm³/mol. The van der Waals surface area contributed by atoms with Gasteiger partial charge in [-0.2, -0.15) is 5.10 Å². The van der Waals surface area contributed by atoms with Crippen molar-refractivity contribution in [3.05, 3.63) is 61.6 Å². The number of hydrogen-bond donors (Lipinski definition) is 3. The van der Waals surface area contributed by atoms with Crippen LogP contribution in [0.3, 0.4) is 0 Å². The van der Waals surface area contributed by atoms with E-state index in [0.29, 0.717) is 23.2 Å². The number of imidazole rings is 1. The maximum atomic E-state index is 5.23. The van der Waals surface area contributed by atoms with Crippen molar-refractivity contribution in [2.45, 2.75) is 19.9 Å². The van der Waals surface area contributed by atoms with Gasteiger partial charge >= 0.3 is 0 Å². The van der Waals surface area contributed by atoms with Gasteiger partial charge in [-0.25, -0.2) is 9.97 Å². The molecule has 162 valence electrons. The molecule has 0 aliphatic rings. The average Bonchev–Trinajstić information content (AvgIpc) is 3.57. The summed E-state index contributed by atoms with van der Waals surface area (Å²) in [6, 6.07) is 8.20. The van der Waals surface area contributed by atoms with Crippen LogP contribution in [0.4, 0.5) is 5.69 Å². The fraction of sp³-hybridized carbons (Fsp3) is 0.125. The molecule has 6 rings (SSSR count). The number of H-pyrrole nitrogens is 2. The van der Waals surface area contributed by atoms with E-state index in [0.717, 1.165) is 44.5 Å². The van der Waals surface area contributed by atoms with Gasteiger partial charge in [0.05, 0.1) is 29.1 Å². The molecule has 0 atom stereocenters. The van der Waals surface area contributed by atoms with Gasteiger partial charge in [0.15, 0.2) is 11.5 Å². The van der Waals surface area contributed by atoms with Gasteiger partial charge in [-0.05, 0) is 38.1 Å². The Labute approximate surface area is 188 Å². The number of nitrogens with one attached hydrogen (secondary N) is 3. The topological polar surface area (TPSA) is 121 Å². The lowest BCUT2D eigenvalue weighted by Crippen LogP contribution is -2.09. The first kappa shape index (κ1) is 19.2. The highest BCUT2D eigenvalue weighted by atomic mass is 16.3. The Kier molecular flexibility index (Phi) is 4.39. The van der Waals surface area contributed by atoms with Gasteiger partial charge < -0.3 is 14.7 Å². The number of aromatic amines is 2. The standard InChI is InChI=1S/C24H20N8O/c1-13(2)28-17-7-15(9-25-11-17)16-8-18-21(31-32-23(18)27-10-16)24-29-19-3-5-26-20(22(19)30-24)14-4-6-33-12-14/h3-13,28H,1-2H3,(H,29,30)(H,27,31,32). The van der Waals surface area contributed by atoms with E-state index < -0.39 is 0 Å². The third-order valence-electron chi connectivity index (χ3n) is 5.36. The van der Waals surface area contributed by atoms with Crippen LogP contribution in [-0.2, 0) is 0 Å². The number of nitrogens with zero attached hydrogens (tertiary/aromatic N) is 5. The molecule has 0 aliphatic carbocycles. The molecule has 0 unspecified atom stereocenters. The molecule has 0 fully saturated rings. The first-order chi connectivity index (χ1) is 16.2. The molecule has 0 bridgehead atoms. The minimum absolute atomic E-state index is 0.317. The molecular formula is C24H20N8O. The van der Waals surface area contributed by atoms with Crippen molar-refractivity contribution in [2.75, 3.05) is 5.32 Å². The van der Waals surface area contributed by atoms with E-state index in [1.165, 1.54) is 0 Å². The van der Waals surface area contributed by atoms with Gasteiger partial charge in [0, 0.05) is 47.5 Å². The fourth-order valence-electron chi connectivity index (χ4n) is 3.91. The van der Waals surface area contributed by atoms with E-state index in [9.17, 15) is 0 Å². The third kappa shape index (κ3) is 3.39. The lowest BCUT2D eigenvalue weighted by Gasteiger charge is -2.10. The van der Waals surface area contributed by atoms with Crippen LogP contribution in [0.15, 0.2) is 66.0 Å². The highest BCUT2D eigenvalue weighted by Crippen LogP contribution is 2.32. The molecule has 9 heteroatoms. The second kappa shape index (κ2) is 7.56. The molecule has 0 amide bonds. The van der Waals surface area contributed by atoms with E-state index in [4.69, 9.17) is 9.40 Å². The molecule has 3 N–H and O–H groups in total. The predicted octanol–water partition coefficient (Wildman–Crippen LogP) is 5.04. The number of rotatable bonds is 5. The SMILES string of the molecule is CC(C)Nc1cncc(-c2cnc3[nH]nc(-c4nc5c(-c6ccoc6)nccc5[nH]4)c3c2)c1. The normalized spacial score (nSPS) is 11.6. The van der Waals surface area contributed by atoms with Crippen molar-refractivity contribution in [2.24, 2.45) is 0 Å². The molecule has 0 radical (unpaired) electrons. The zero-order valence-corrected chi connectivity index (χ0v) is 18.0. The van der Waals surface area contributed by atoms with Crippen LogP contribution < -0.4 is 5.32 Å². The van der Waals surface area contributed by atoms with Crippen LogP contribution >= 0.6 is 0 Å². The lowest BCUT2D eigenvalue weighted by molar-refractivity contribution is 0.568. The number of hydrogen-bond acceptors (Lipinski definition) is 7. The Morgan fingerprint density at radius 3 is 2.73 bits per heavy atom. The summed E-state index contributed by atoms with van der Waals surface area (Å²) in [5, 5.41) is 11.8. The monoisotopic (exact) mass is 436 g/mol. The maximum absolute atomic E-state index is 5.23. The van der Waals surface area contributed by atoms with Crippen LogP contribution in [0.1, 0.15) is 13.8 Å². The summed E-state index contributed by atoms with van der Waals surface area (Å²) in [5.41, 5.74) is 7.51. The largest absolute Gasteiger partial charge is 0.472 e. The first-order valence-electron chi connectivity index (χ1n) is 10.6. The van der Waals surface area contributed by atoms with E-state index in [1.807, 2.05) is 30.7 Å². The number of furan rings is 1. The van der Waals surface area contributed by atoms with Gasteiger partial charge in [0.25, 0.3) is 0 Å². The summed E-state index contributed by atoms with van der Waals surface area (Å²) in [4.78, 5) is 21.6. The van der Waals surface area contributed by atoms with Crippen LogP contribution in [0, 0.1) is 0 Å². The summed E-state index contributed by atoms with van der Waals surface area (Å²) in [7, 11) is 0. The smallest absolute Gasteiger partial charge is 0.159 e. The molecule has 6 aromatic rings. The highest BCUT2D eigenvalue weighted by molar-refractivity contribution is 5.96. The van der Waals surface area contributed by atoms with Gasteiger partial charge in [-0.15, -0.1) is 0 Å². The van der Waals surface area contributed by atoms with Crippen molar-refractivity contribution in [3.8, 4) is 33.9 Å². The number of aromatic nitrogens is 7. The van der Waals surface area contributed by atoms with E-state index in [-0.39, 0.29) is 0 Å². The summed E-state index contributed by atoms with van der Waals surface area (Å²) in [5.74, 6) is 0.640. The Balaban J connectivity index is 1.45. The summed E-state index contributed by atoms with van der Waals surface area (Å²) >= 11 is 0. The third-order valence-corrected chi connectivity index (χ3v) is 5.36. The minimum atomic E-state index is 0.317. The maximum Gasteiger partial charge on any atom is 0.159 e. The molecular weight excluding hydrogens is 416 g/mol. The van der Waals surface area contributed by atoms with Gasteiger partial charge in [0.1, 0.15) is 16.9 Å². The van der Waals surface area contributed by atoms with Crippen molar-refractivity contribution in [1.29, 1.82) is 0 Å². The molecule has 6 aromatic heterocycles. The molecule has 0 saturated carbocycles. The zero-order chi connectivity index (χ0) is 22.4. The summed E-state index contributed by atoms with van der Waals surface area (Å²) in [6.07, 6.45) is 10.5. The minimum Gasteiger partial charge on any atom is -0.472 e. The van der Waals surface area contributed by atoms with Crippen LogP contribution in [0.5, 0.6) is 0 Å². The van der Waals surface area contributed by atoms with Crippen molar-refractivity contribution in [3.63, 3.8) is 0 Å². The van der Waals surface area contributed by atoms with E-state index >= 15 is 0 Å². The van der Waals surface area contributed by atoms with Crippen LogP contribution in [0.2, 0.25) is 0 Å². The van der Waals surface area contributed by atoms with E-state index in [2.05, 4.69) is 61.4 Å². The number of fused-ring (bicyclic) bond motifs is 2. The van der Waals surface area contributed by atoms with Gasteiger partial charge in [0.2, 0.25) is 0 Å². The molecule has 0 saturated heterocycles. The van der Waals surface area contributed by atoms with Crippen molar-refractivity contribution in [1.82, 2.24) is 35.1 Å². The Hall–Kier alpha value is -4.53. The molecule has 0 aromatic carbocycles. The Bertz CT molecular complexity index is 1580. The highest BCUT2D eigenvalue weighted by Gasteiger charge is 2.17. The summed E-state index contributed by atoms with van der Waals surface area (Å²) in [6.45, 7) is 4.19. The molecule has 0 aliphatic heterocycles. The van der Waals surface area contributed by atoms with Crippen molar-refractivity contribution < 1.29 is 4.42 Å². The second-order valence-electron chi connectivity index (χ2n) is 8.11. The molecule has 6 heterocycles. The quantitative estimate of drug-likeness (QED) is 0.346. The average molecular weight is 436 g/mol. The van der Waals surface area contributed by atoms with Gasteiger partial charge in [-0.3, -0.25) is 15.1 Å².